The van der Waals surface area contributed by atoms with E-state index in [1.54, 1.807) is 23.0 Å². The van der Waals surface area contributed by atoms with Gasteiger partial charge in [-0.15, -0.1) is 0 Å². The maximum absolute atomic E-state index is 11.6. The fraction of sp³-hybridized carbons (Fsp3) is 0.200. The molecule has 84 valence electrons. The molecule has 2 aromatic rings. The van der Waals surface area contributed by atoms with Crippen LogP contribution in [0.3, 0.4) is 0 Å². The molecule has 0 unspecified atom stereocenters. The molecule has 0 radical (unpaired) electrons. The summed E-state index contributed by atoms with van der Waals surface area (Å²) in [7, 11) is 1.83. The van der Waals surface area contributed by atoms with Gasteiger partial charge in [0.1, 0.15) is 0 Å². The van der Waals surface area contributed by atoms with Crippen molar-refractivity contribution < 1.29 is 9.21 Å². The van der Waals surface area contributed by atoms with Crippen LogP contribution in [0, 0.1) is 0 Å². The summed E-state index contributed by atoms with van der Waals surface area (Å²) in [6, 6.07) is 3.29. The van der Waals surface area contributed by atoms with Crippen LogP contribution in [0.4, 0.5) is 0 Å². The van der Waals surface area contributed by atoms with E-state index in [2.05, 4.69) is 26.3 Å². The third kappa shape index (κ3) is 2.52. The maximum atomic E-state index is 11.6. The molecule has 0 atom stereocenters. The smallest absolute Gasteiger partial charge is 0.287 e. The molecule has 0 aliphatic rings. The first-order valence-corrected chi connectivity index (χ1v) is 5.45. The van der Waals surface area contributed by atoms with Crippen LogP contribution >= 0.6 is 15.9 Å². The van der Waals surface area contributed by atoms with E-state index >= 15 is 0 Å². The molecule has 2 heterocycles. The van der Waals surface area contributed by atoms with Crippen molar-refractivity contribution in [2.75, 3.05) is 0 Å². The number of hydrogen-bond donors (Lipinski definition) is 1. The van der Waals surface area contributed by atoms with E-state index in [9.17, 15) is 4.79 Å². The van der Waals surface area contributed by atoms with Crippen LogP contribution in [0.5, 0.6) is 0 Å². The van der Waals surface area contributed by atoms with E-state index in [1.807, 2.05) is 13.2 Å². The minimum Gasteiger partial charge on any atom is -0.444 e. The monoisotopic (exact) mass is 283 g/mol. The summed E-state index contributed by atoms with van der Waals surface area (Å²) < 4.78 is 7.35. The van der Waals surface area contributed by atoms with Crippen molar-refractivity contribution in [1.29, 1.82) is 0 Å². The number of nitrogens with zero attached hydrogens (tertiary/aromatic N) is 2. The fourth-order valence-electron chi connectivity index (χ4n) is 1.27. The Morgan fingerprint density at radius 2 is 2.44 bits per heavy atom. The van der Waals surface area contributed by atoms with Gasteiger partial charge in [0.05, 0.1) is 6.20 Å². The van der Waals surface area contributed by atoms with Gasteiger partial charge in [-0.1, -0.05) is 0 Å². The number of hydrogen-bond acceptors (Lipinski definition) is 3. The molecule has 16 heavy (non-hydrogen) atoms. The second kappa shape index (κ2) is 4.52. The number of carbonyl (C=O) groups excluding carboxylic acids is 1. The molecular weight excluding hydrogens is 274 g/mol. The molecular formula is C10H10BrN3O2. The Hall–Kier alpha value is -1.56. The van der Waals surface area contributed by atoms with E-state index in [-0.39, 0.29) is 11.7 Å². The van der Waals surface area contributed by atoms with Gasteiger partial charge in [-0.3, -0.25) is 9.48 Å². The summed E-state index contributed by atoms with van der Waals surface area (Å²) in [5.41, 5.74) is 0.946. The molecule has 6 heteroatoms. The molecule has 0 spiro atoms. The van der Waals surface area contributed by atoms with Crippen molar-refractivity contribution in [2.45, 2.75) is 6.54 Å². The molecule has 1 amide bonds. The highest BCUT2D eigenvalue weighted by Gasteiger charge is 2.09. The molecule has 0 fully saturated rings. The van der Waals surface area contributed by atoms with Gasteiger partial charge in [-0.2, -0.15) is 5.10 Å². The predicted molar refractivity (Wildman–Crippen MR) is 60.8 cm³/mol. The van der Waals surface area contributed by atoms with Crippen LogP contribution in [0.15, 0.2) is 33.6 Å². The molecule has 1 N–H and O–H groups in total. The Kier molecular flexibility index (Phi) is 3.09. The van der Waals surface area contributed by atoms with Crippen molar-refractivity contribution in [3.8, 4) is 0 Å². The first-order chi connectivity index (χ1) is 7.65. The average molecular weight is 284 g/mol. The zero-order valence-corrected chi connectivity index (χ0v) is 10.2. The van der Waals surface area contributed by atoms with Gasteiger partial charge in [-0.05, 0) is 28.1 Å². The van der Waals surface area contributed by atoms with Gasteiger partial charge >= 0.3 is 0 Å². The van der Waals surface area contributed by atoms with Crippen molar-refractivity contribution in [2.24, 2.45) is 7.05 Å². The summed E-state index contributed by atoms with van der Waals surface area (Å²) in [5, 5.41) is 6.74. The van der Waals surface area contributed by atoms with E-state index in [0.717, 1.165) is 5.56 Å². The minimum absolute atomic E-state index is 0.241. The molecule has 5 nitrogen and oxygen atoms in total. The van der Waals surface area contributed by atoms with Gasteiger partial charge in [0.25, 0.3) is 5.91 Å². The number of furan rings is 1. The van der Waals surface area contributed by atoms with E-state index in [0.29, 0.717) is 11.2 Å². The molecule has 0 bridgehead atoms. The van der Waals surface area contributed by atoms with Crippen molar-refractivity contribution in [1.82, 2.24) is 15.1 Å². The summed E-state index contributed by atoms with van der Waals surface area (Å²) >= 11 is 3.14. The topological polar surface area (TPSA) is 60.1 Å². The van der Waals surface area contributed by atoms with Gasteiger partial charge in [0.15, 0.2) is 10.4 Å². The quantitative estimate of drug-likeness (QED) is 0.933. The number of aromatic nitrogens is 2. The lowest BCUT2D eigenvalue weighted by molar-refractivity contribution is 0.0922. The SMILES string of the molecule is Cn1cc(CNC(=O)c2ccc(Br)o2)cn1. The Labute approximate surface area is 101 Å². The molecule has 2 aromatic heterocycles. The zero-order valence-electron chi connectivity index (χ0n) is 8.61. The molecule has 0 aliphatic heterocycles. The summed E-state index contributed by atoms with van der Waals surface area (Å²) in [5.74, 6) is 0.0466. The molecule has 0 aromatic carbocycles. The van der Waals surface area contributed by atoms with E-state index in [1.165, 1.54) is 0 Å². The summed E-state index contributed by atoms with van der Waals surface area (Å²) in [4.78, 5) is 11.6. The first-order valence-electron chi connectivity index (χ1n) is 4.66. The van der Waals surface area contributed by atoms with Crippen LogP contribution in [-0.4, -0.2) is 15.7 Å². The highest BCUT2D eigenvalue weighted by molar-refractivity contribution is 9.10. The second-order valence-corrected chi connectivity index (χ2v) is 4.09. The molecule has 0 saturated carbocycles. The van der Waals surface area contributed by atoms with Gasteiger partial charge < -0.3 is 9.73 Å². The highest BCUT2D eigenvalue weighted by Crippen LogP contribution is 2.13. The first kappa shape index (κ1) is 10.9. The van der Waals surface area contributed by atoms with Crippen LogP contribution < -0.4 is 5.32 Å². The summed E-state index contributed by atoms with van der Waals surface area (Å²) in [6.45, 7) is 0.436. The van der Waals surface area contributed by atoms with Crippen LogP contribution in [0.1, 0.15) is 16.1 Å². The van der Waals surface area contributed by atoms with Crippen molar-refractivity contribution in [3.05, 3.63) is 40.5 Å². The zero-order chi connectivity index (χ0) is 11.5. The number of halogens is 1. The van der Waals surface area contributed by atoms with Crippen LogP contribution in [0.2, 0.25) is 0 Å². The lowest BCUT2D eigenvalue weighted by Gasteiger charge is -1.99. The molecule has 0 saturated heterocycles. The van der Waals surface area contributed by atoms with Crippen LogP contribution in [0.25, 0.3) is 0 Å². The number of aryl methyl sites for hydroxylation is 1. The maximum Gasteiger partial charge on any atom is 0.287 e. The fourth-order valence-corrected chi connectivity index (χ4v) is 1.58. The number of carbonyl (C=O) groups is 1. The second-order valence-electron chi connectivity index (χ2n) is 3.31. The average Bonchev–Trinajstić information content (AvgIpc) is 2.84. The Bertz CT molecular complexity index is 504. The Balaban J connectivity index is 1.93. The predicted octanol–water partition coefficient (Wildman–Crippen LogP) is 1.71. The number of rotatable bonds is 3. The number of nitrogens with one attached hydrogen (secondary N) is 1. The largest absolute Gasteiger partial charge is 0.444 e. The summed E-state index contributed by atoms with van der Waals surface area (Å²) in [6.07, 6.45) is 3.55. The third-order valence-electron chi connectivity index (χ3n) is 2.01. The molecule has 2 rings (SSSR count). The van der Waals surface area contributed by atoms with E-state index in [4.69, 9.17) is 4.42 Å². The van der Waals surface area contributed by atoms with Gasteiger partial charge in [0.2, 0.25) is 0 Å². The Morgan fingerprint density at radius 1 is 1.62 bits per heavy atom. The third-order valence-corrected chi connectivity index (χ3v) is 2.43. The normalized spacial score (nSPS) is 10.4. The van der Waals surface area contributed by atoms with E-state index < -0.39 is 0 Å². The van der Waals surface area contributed by atoms with Gasteiger partial charge in [0, 0.05) is 25.4 Å². The highest BCUT2D eigenvalue weighted by atomic mass is 79.9. The number of amides is 1. The van der Waals surface area contributed by atoms with Gasteiger partial charge in [-0.25, -0.2) is 0 Å². The van der Waals surface area contributed by atoms with Crippen molar-refractivity contribution in [3.63, 3.8) is 0 Å². The lowest BCUT2D eigenvalue weighted by Crippen LogP contribution is -2.21. The van der Waals surface area contributed by atoms with Crippen LogP contribution in [-0.2, 0) is 13.6 Å². The minimum atomic E-state index is -0.241. The standard InChI is InChI=1S/C10H10BrN3O2/c1-14-6-7(5-13-14)4-12-10(15)8-2-3-9(11)16-8/h2-3,5-6H,4H2,1H3,(H,12,15). The lowest BCUT2D eigenvalue weighted by atomic mass is 10.3. The molecule has 0 aliphatic carbocycles. The Morgan fingerprint density at radius 3 is 3.00 bits per heavy atom. The van der Waals surface area contributed by atoms with Crippen molar-refractivity contribution >= 4 is 21.8 Å².